The number of carbonyl (C=O) groups excluding carboxylic acids is 1. The van der Waals surface area contributed by atoms with Crippen molar-refractivity contribution in [3.63, 3.8) is 0 Å². The number of halogens is 2. The van der Waals surface area contributed by atoms with E-state index in [9.17, 15) is 4.79 Å². The van der Waals surface area contributed by atoms with Gasteiger partial charge in [-0.2, -0.15) is 15.5 Å². The number of rotatable bonds is 5. The number of H-pyrrole nitrogens is 1. The molecule has 1 N–H and O–H groups in total. The van der Waals surface area contributed by atoms with Gasteiger partial charge in [0.15, 0.2) is 6.61 Å². The molecule has 0 atom stereocenters. The molecule has 0 radical (unpaired) electrons. The minimum atomic E-state index is -0.139. The third-order valence-corrected chi connectivity index (χ3v) is 6.68. The summed E-state index contributed by atoms with van der Waals surface area (Å²) in [6, 6.07) is 3.62. The fourth-order valence-corrected chi connectivity index (χ4v) is 4.91. The van der Waals surface area contributed by atoms with E-state index in [-0.39, 0.29) is 19.1 Å². The summed E-state index contributed by atoms with van der Waals surface area (Å²) < 4.78 is 9.43. The third kappa shape index (κ3) is 3.67. The van der Waals surface area contributed by atoms with Gasteiger partial charge in [-0.3, -0.25) is 9.89 Å². The first-order chi connectivity index (χ1) is 16.4. The number of nitrogens with one attached hydrogen (secondary N) is 1. The highest BCUT2D eigenvalue weighted by Gasteiger charge is 2.31. The number of aryl methyl sites for hydroxylation is 2. The van der Waals surface area contributed by atoms with E-state index in [4.69, 9.17) is 33.2 Å². The number of nitriles is 1. The van der Waals surface area contributed by atoms with Crippen molar-refractivity contribution in [3.8, 4) is 22.9 Å². The third-order valence-electron chi connectivity index (χ3n) is 5.91. The lowest BCUT2D eigenvalue weighted by Crippen LogP contribution is -2.40. The van der Waals surface area contributed by atoms with Crippen LogP contribution in [0.1, 0.15) is 17.3 Å². The van der Waals surface area contributed by atoms with Gasteiger partial charge in [0, 0.05) is 42.2 Å². The van der Waals surface area contributed by atoms with E-state index < -0.39 is 0 Å². The number of aromatic nitrogens is 6. The first-order valence-electron chi connectivity index (χ1n) is 10.6. The minimum absolute atomic E-state index is 0.0623. The molecule has 4 heterocycles. The van der Waals surface area contributed by atoms with E-state index >= 15 is 0 Å². The van der Waals surface area contributed by atoms with Crippen LogP contribution in [0, 0.1) is 25.2 Å². The number of nitrogens with zero attached hydrogens (tertiary/aromatic N) is 7. The number of ether oxygens (including phenoxy) is 1. The molecule has 0 unspecified atom stereocenters. The van der Waals surface area contributed by atoms with Crippen LogP contribution >= 0.6 is 23.2 Å². The van der Waals surface area contributed by atoms with Gasteiger partial charge in [0.05, 0.1) is 33.7 Å². The quantitative estimate of drug-likeness (QED) is 0.449. The zero-order valence-corrected chi connectivity index (χ0v) is 20.0. The van der Waals surface area contributed by atoms with Gasteiger partial charge in [0.2, 0.25) is 5.91 Å². The number of hydrogen-bond acceptors (Lipinski definition) is 6. The van der Waals surface area contributed by atoms with Gasteiger partial charge >= 0.3 is 0 Å². The van der Waals surface area contributed by atoms with Crippen LogP contribution in [0.15, 0.2) is 18.5 Å². The summed E-state index contributed by atoms with van der Waals surface area (Å²) in [5, 5.41) is 21.8. The number of aromatic amines is 1. The summed E-state index contributed by atoms with van der Waals surface area (Å²) >= 11 is 13.1. The average Bonchev–Trinajstić information content (AvgIpc) is 3.52. The Labute approximate surface area is 204 Å². The fraction of sp³-hybridized carbons (Fsp3) is 0.318. The summed E-state index contributed by atoms with van der Waals surface area (Å²) in [5.74, 6) is 1.71. The summed E-state index contributed by atoms with van der Waals surface area (Å²) in [6.45, 7) is 4.95. The maximum absolute atomic E-state index is 13.2. The Balaban J connectivity index is 1.62. The highest BCUT2D eigenvalue weighted by atomic mass is 35.5. The molecule has 0 saturated carbocycles. The standard InChI is InChI=1S/C22H20Cl2N8O2/c1-12-28-13(2)32(29-12)11-18(33)30-4-5-31-16(10-30)19(14-8-26-27-9-14)20-17(34-6-3-25)7-15(23)21(24)22(20)31/h7-9H,4-6,10-11H2,1-2H3,(H,26,27). The van der Waals surface area contributed by atoms with E-state index in [2.05, 4.69) is 24.8 Å². The van der Waals surface area contributed by atoms with Crippen molar-refractivity contribution < 1.29 is 9.53 Å². The maximum Gasteiger partial charge on any atom is 0.244 e. The SMILES string of the molecule is Cc1nc(C)n(CC(=O)N2CCn3c(c(-c4cn[nH]c4)c4c(OCC#N)cc(Cl)c(Cl)c43)C2)n1. The van der Waals surface area contributed by atoms with Crippen molar-refractivity contribution in [2.24, 2.45) is 0 Å². The van der Waals surface area contributed by atoms with Crippen LogP contribution in [0.5, 0.6) is 5.75 Å². The molecule has 10 nitrogen and oxygen atoms in total. The Bertz CT molecular complexity index is 1450. The monoisotopic (exact) mass is 498 g/mol. The molecule has 1 amide bonds. The molecule has 5 rings (SSSR count). The molecule has 0 spiro atoms. The second-order valence-electron chi connectivity index (χ2n) is 7.98. The first-order valence-corrected chi connectivity index (χ1v) is 11.3. The lowest BCUT2D eigenvalue weighted by Gasteiger charge is -2.30. The van der Waals surface area contributed by atoms with Crippen LogP contribution in [-0.4, -0.2) is 53.5 Å². The van der Waals surface area contributed by atoms with Crippen LogP contribution in [-0.2, 0) is 24.4 Å². The van der Waals surface area contributed by atoms with Crippen molar-refractivity contribution in [1.29, 1.82) is 5.26 Å². The minimum Gasteiger partial charge on any atom is -0.478 e. The van der Waals surface area contributed by atoms with Crippen molar-refractivity contribution in [1.82, 2.24) is 34.4 Å². The zero-order chi connectivity index (χ0) is 24.0. The second kappa shape index (κ2) is 8.66. The first kappa shape index (κ1) is 22.3. The summed E-state index contributed by atoms with van der Waals surface area (Å²) in [7, 11) is 0. The molecule has 12 heteroatoms. The molecule has 1 aliphatic heterocycles. The van der Waals surface area contributed by atoms with Crippen LogP contribution in [0.25, 0.3) is 22.0 Å². The Morgan fingerprint density at radius 2 is 2.15 bits per heavy atom. The predicted octanol–water partition coefficient (Wildman–Crippen LogP) is 3.49. The number of carbonyl (C=O) groups is 1. The van der Waals surface area contributed by atoms with Crippen LogP contribution in [0.2, 0.25) is 10.0 Å². The van der Waals surface area contributed by atoms with Gasteiger partial charge in [-0.25, -0.2) is 9.67 Å². The fourth-order valence-electron chi connectivity index (χ4n) is 4.47. The number of hydrogen-bond donors (Lipinski definition) is 1. The van der Waals surface area contributed by atoms with Gasteiger partial charge < -0.3 is 14.2 Å². The Kier molecular flexibility index (Phi) is 5.67. The van der Waals surface area contributed by atoms with Gasteiger partial charge in [-0.1, -0.05) is 23.2 Å². The lowest BCUT2D eigenvalue weighted by molar-refractivity contribution is -0.133. The Morgan fingerprint density at radius 1 is 1.32 bits per heavy atom. The molecule has 3 aromatic heterocycles. The molecular formula is C22H20Cl2N8O2. The van der Waals surface area contributed by atoms with Crippen molar-refractivity contribution in [2.45, 2.75) is 33.5 Å². The molecule has 174 valence electrons. The number of amides is 1. The lowest BCUT2D eigenvalue weighted by atomic mass is 10.0. The Morgan fingerprint density at radius 3 is 2.82 bits per heavy atom. The van der Waals surface area contributed by atoms with E-state index in [0.29, 0.717) is 52.6 Å². The smallest absolute Gasteiger partial charge is 0.244 e. The highest BCUT2D eigenvalue weighted by molar-refractivity contribution is 6.45. The molecule has 4 aromatic rings. The summed E-state index contributed by atoms with van der Waals surface area (Å²) in [6.07, 6.45) is 3.48. The summed E-state index contributed by atoms with van der Waals surface area (Å²) in [5.41, 5.74) is 3.24. The van der Waals surface area contributed by atoms with Crippen molar-refractivity contribution in [3.05, 3.63) is 45.8 Å². The molecule has 1 aromatic carbocycles. The van der Waals surface area contributed by atoms with E-state index in [1.54, 1.807) is 35.0 Å². The van der Waals surface area contributed by atoms with Crippen molar-refractivity contribution in [2.75, 3.05) is 13.2 Å². The average molecular weight is 499 g/mol. The largest absolute Gasteiger partial charge is 0.478 e. The summed E-state index contributed by atoms with van der Waals surface area (Å²) in [4.78, 5) is 19.3. The number of benzene rings is 1. The van der Waals surface area contributed by atoms with Gasteiger partial charge in [-0.15, -0.1) is 0 Å². The number of fused-ring (bicyclic) bond motifs is 3. The Hall–Kier alpha value is -3.55. The van der Waals surface area contributed by atoms with E-state index in [1.165, 1.54) is 0 Å². The van der Waals surface area contributed by atoms with Gasteiger partial charge in [-0.05, 0) is 13.8 Å². The molecule has 34 heavy (non-hydrogen) atoms. The molecular weight excluding hydrogens is 479 g/mol. The van der Waals surface area contributed by atoms with Gasteiger partial charge in [0.1, 0.15) is 30.0 Å². The molecule has 0 fully saturated rings. The normalized spacial score (nSPS) is 13.2. The van der Waals surface area contributed by atoms with Crippen molar-refractivity contribution >= 4 is 40.0 Å². The molecule has 0 bridgehead atoms. The second-order valence-corrected chi connectivity index (χ2v) is 8.77. The van der Waals surface area contributed by atoms with E-state index in [1.807, 2.05) is 13.0 Å². The molecule has 0 saturated heterocycles. The van der Waals surface area contributed by atoms with Gasteiger partial charge in [0.25, 0.3) is 0 Å². The molecule has 0 aliphatic carbocycles. The predicted molar refractivity (Wildman–Crippen MR) is 126 cm³/mol. The zero-order valence-electron chi connectivity index (χ0n) is 18.5. The maximum atomic E-state index is 13.2. The van der Waals surface area contributed by atoms with E-state index in [0.717, 1.165) is 22.2 Å². The highest BCUT2D eigenvalue weighted by Crippen LogP contribution is 2.47. The topological polar surface area (TPSA) is 118 Å². The van der Waals surface area contributed by atoms with Crippen LogP contribution < -0.4 is 4.74 Å². The molecule has 1 aliphatic rings. The van der Waals surface area contributed by atoms with Crippen LogP contribution in [0.4, 0.5) is 0 Å². The van der Waals surface area contributed by atoms with Crippen LogP contribution in [0.3, 0.4) is 0 Å².